The second-order valence-electron chi connectivity index (χ2n) is 6.59. The maximum atomic E-state index is 12.2. The Hall–Kier alpha value is -0.610. The van der Waals surface area contributed by atoms with Crippen molar-refractivity contribution in [3.05, 3.63) is 0 Å². The fourth-order valence-corrected chi connectivity index (χ4v) is 2.64. The third-order valence-corrected chi connectivity index (χ3v) is 3.83. The first-order chi connectivity index (χ1) is 8.34. The summed E-state index contributed by atoms with van der Waals surface area (Å²) in [4.78, 5) is 16.4. The predicted molar refractivity (Wildman–Crippen MR) is 75.3 cm³/mol. The molecule has 0 aromatic carbocycles. The predicted octanol–water partition coefficient (Wildman–Crippen LogP) is 1.16. The third kappa shape index (κ3) is 4.94. The van der Waals surface area contributed by atoms with E-state index in [1.165, 1.54) is 19.4 Å². The van der Waals surface area contributed by atoms with Crippen LogP contribution in [0.5, 0.6) is 0 Å². The summed E-state index contributed by atoms with van der Waals surface area (Å²) in [6.45, 7) is 7.78. The minimum Gasteiger partial charge on any atom is -0.345 e. The maximum absolute atomic E-state index is 12.2. The van der Waals surface area contributed by atoms with Crippen LogP contribution in [0.15, 0.2) is 0 Å². The van der Waals surface area contributed by atoms with Gasteiger partial charge >= 0.3 is 0 Å². The lowest BCUT2D eigenvalue weighted by Gasteiger charge is -2.32. The molecule has 4 heteroatoms. The summed E-state index contributed by atoms with van der Waals surface area (Å²) < 4.78 is 0. The lowest BCUT2D eigenvalue weighted by molar-refractivity contribution is -0.132. The average molecular weight is 255 g/mol. The summed E-state index contributed by atoms with van der Waals surface area (Å²) in [5, 5.41) is 0. The number of nitrogens with two attached hydrogens (primary N) is 1. The van der Waals surface area contributed by atoms with Gasteiger partial charge in [-0.3, -0.25) is 4.79 Å². The van der Waals surface area contributed by atoms with E-state index < -0.39 is 0 Å². The number of amides is 1. The number of hydrogen-bond acceptors (Lipinski definition) is 3. The first-order valence-electron chi connectivity index (χ1n) is 6.96. The maximum Gasteiger partial charge on any atom is 0.222 e. The van der Waals surface area contributed by atoms with Gasteiger partial charge in [0.05, 0.1) is 0 Å². The van der Waals surface area contributed by atoms with Crippen molar-refractivity contribution in [1.82, 2.24) is 9.80 Å². The highest BCUT2D eigenvalue weighted by Gasteiger charge is 2.25. The van der Waals surface area contributed by atoms with Crippen LogP contribution in [0, 0.1) is 11.3 Å². The Morgan fingerprint density at radius 1 is 1.50 bits per heavy atom. The zero-order valence-electron chi connectivity index (χ0n) is 12.4. The fourth-order valence-electron chi connectivity index (χ4n) is 2.64. The summed E-state index contributed by atoms with van der Waals surface area (Å²) in [5.41, 5.74) is 5.72. The molecule has 1 rings (SSSR count). The van der Waals surface area contributed by atoms with Crippen molar-refractivity contribution < 1.29 is 4.79 Å². The van der Waals surface area contributed by atoms with Crippen LogP contribution < -0.4 is 5.73 Å². The minimum atomic E-state index is 0.00770. The molecule has 1 fully saturated rings. The van der Waals surface area contributed by atoms with Crippen LogP contribution in [0.1, 0.15) is 33.1 Å². The highest BCUT2D eigenvalue weighted by molar-refractivity contribution is 5.76. The molecule has 0 aromatic rings. The largest absolute Gasteiger partial charge is 0.345 e. The molecule has 4 nitrogen and oxygen atoms in total. The van der Waals surface area contributed by atoms with Gasteiger partial charge in [0.15, 0.2) is 0 Å². The van der Waals surface area contributed by atoms with Crippen molar-refractivity contribution >= 4 is 5.91 Å². The quantitative estimate of drug-likeness (QED) is 0.802. The van der Waals surface area contributed by atoms with Crippen LogP contribution in [-0.4, -0.2) is 56.0 Å². The van der Waals surface area contributed by atoms with Crippen LogP contribution in [0.4, 0.5) is 0 Å². The zero-order valence-corrected chi connectivity index (χ0v) is 12.4. The van der Waals surface area contributed by atoms with Crippen molar-refractivity contribution in [2.45, 2.75) is 33.1 Å². The number of rotatable bonds is 5. The molecule has 1 aliphatic heterocycles. The summed E-state index contributed by atoms with van der Waals surface area (Å²) in [5.74, 6) is 0.788. The van der Waals surface area contributed by atoms with Crippen LogP contribution in [0.2, 0.25) is 0 Å². The zero-order chi connectivity index (χ0) is 13.8. The van der Waals surface area contributed by atoms with Crippen molar-refractivity contribution in [3.63, 3.8) is 0 Å². The molecule has 0 saturated carbocycles. The van der Waals surface area contributed by atoms with Crippen LogP contribution in [-0.2, 0) is 4.79 Å². The summed E-state index contributed by atoms with van der Waals surface area (Å²) in [6.07, 6.45) is 3.08. The van der Waals surface area contributed by atoms with Gasteiger partial charge in [-0.05, 0) is 44.3 Å². The van der Waals surface area contributed by atoms with E-state index in [9.17, 15) is 4.79 Å². The first-order valence-corrected chi connectivity index (χ1v) is 6.96. The molecule has 0 aliphatic carbocycles. The molecular formula is C14H29N3O. The Morgan fingerprint density at radius 2 is 2.17 bits per heavy atom. The highest BCUT2D eigenvalue weighted by Crippen LogP contribution is 2.20. The third-order valence-electron chi connectivity index (χ3n) is 3.83. The van der Waals surface area contributed by atoms with Gasteiger partial charge in [0.25, 0.3) is 0 Å². The second kappa shape index (κ2) is 6.53. The molecule has 1 amide bonds. The van der Waals surface area contributed by atoms with E-state index in [1.807, 2.05) is 11.9 Å². The van der Waals surface area contributed by atoms with Crippen LogP contribution in [0.3, 0.4) is 0 Å². The summed E-state index contributed by atoms with van der Waals surface area (Å²) in [6, 6.07) is 0. The van der Waals surface area contributed by atoms with Gasteiger partial charge in [-0.15, -0.1) is 0 Å². The van der Waals surface area contributed by atoms with Gasteiger partial charge in [0, 0.05) is 26.6 Å². The Balaban J connectivity index is 2.39. The van der Waals surface area contributed by atoms with E-state index in [1.54, 1.807) is 0 Å². The molecule has 1 aliphatic rings. The molecule has 0 aromatic heterocycles. The SMILES string of the molecule is CN1CCCC(CC(=O)N(C)CC(C)(C)CN)C1. The van der Waals surface area contributed by atoms with E-state index >= 15 is 0 Å². The van der Waals surface area contributed by atoms with Gasteiger partial charge < -0.3 is 15.5 Å². The highest BCUT2D eigenvalue weighted by atomic mass is 16.2. The summed E-state index contributed by atoms with van der Waals surface area (Å²) in [7, 11) is 4.03. The van der Waals surface area contributed by atoms with Gasteiger partial charge in [-0.1, -0.05) is 13.8 Å². The lowest BCUT2D eigenvalue weighted by atomic mass is 9.91. The molecule has 0 spiro atoms. The second-order valence-corrected chi connectivity index (χ2v) is 6.59. The molecular weight excluding hydrogens is 226 g/mol. The molecule has 1 saturated heterocycles. The molecule has 0 bridgehead atoms. The fraction of sp³-hybridized carbons (Fsp3) is 0.929. The number of nitrogens with zero attached hydrogens (tertiary/aromatic N) is 2. The van der Waals surface area contributed by atoms with Crippen LogP contribution >= 0.6 is 0 Å². The first kappa shape index (κ1) is 15.4. The Labute approximate surface area is 111 Å². The van der Waals surface area contributed by atoms with Crippen molar-refractivity contribution in [1.29, 1.82) is 0 Å². The van der Waals surface area contributed by atoms with E-state index in [0.717, 1.165) is 13.1 Å². The molecule has 1 heterocycles. The Kier molecular flexibility index (Phi) is 5.60. The number of carbonyl (C=O) groups excluding carboxylic acids is 1. The van der Waals surface area contributed by atoms with Crippen molar-refractivity contribution in [3.8, 4) is 0 Å². The monoisotopic (exact) mass is 255 g/mol. The van der Waals surface area contributed by atoms with Gasteiger partial charge in [-0.25, -0.2) is 0 Å². The standard InChI is InChI=1S/C14H29N3O/c1-14(2,10-15)11-17(4)13(18)8-12-6-5-7-16(3)9-12/h12H,5-11,15H2,1-4H3. The Morgan fingerprint density at radius 3 is 2.72 bits per heavy atom. The number of carbonyl (C=O) groups is 1. The molecule has 1 unspecified atom stereocenters. The van der Waals surface area contributed by atoms with Gasteiger partial charge in [0.1, 0.15) is 0 Å². The summed E-state index contributed by atoms with van der Waals surface area (Å²) >= 11 is 0. The average Bonchev–Trinajstić information content (AvgIpc) is 2.28. The van der Waals surface area contributed by atoms with E-state index in [4.69, 9.17) is 5.73 Å². The van der Waals surface area contributed by atoms with Gasteiger partial charge in [-0.2, -0.15) is 0 Å². The van der Waals surface area contributed by atoms with Crippen LogP contribution in [0.25, 0.3) is 0 Å². The van der Waals surface area contributed by atoms with Crippen molar-refractivity contribution in [2.24, 2.45) is 17.1 Å². The molecule has 1 atom stereocenters. The smallest absolute Gasteiger partial charge is 0.222 e. The lowest BCUT2D eigenvalue weighted by Crippen LogP contribution is -2.41. The van der Waals surface area contributed by atoms with E-state index in [2.05, 4.69) is 25.8 Å². The van der Waals surface area contributed by atoms with Crippen molar-refractivity contribution in [2.75, 3.05) is 40.3 Å². The number of piperidine rings is 1. The number of hydrogen-bond donors (Lipinski definition) is 1. The molecule has 18 heavy (non-hydrogen) atoms. The molecule has 2 N–H and O–H groups in total. The van der Waals surface area contributed by atoms with E-state index in [0.29, 0.717) is 18.9 Å². The topological polar surface area (TPSA) is 49.6 Å². The minimum absolute atomic E-state index is 0.00770. The Bertz CT molecular complexity index is 278. The normalized spacial score (nSPS) is 21.9. The number of likely N-dealkylation sites (tertiary alicyclic amines) is 1. The molecule has 0 radical (unpaired) electrons. The van der Waals surface area contributed by atoms with E-state index in [-0.39, 0.29) is 11.3 Å². The molecule has 106 valence electrons. The van der Waals surface area contributed by atoms with Gasteiger partial charge in [0.2, 0.25) is 5.91 Å².